The molecule has 1 atom stereocenters. The number of anilines is 1. The fourth-order valence-corrected chi connectivity index (χ4v) is 4.29. The zero-order valence-corrected chi connectivity index (χ0v) is 15.4. The first kappa shape index (κ1) is 17.1. The van der Waals surface area contributed by atoms with Gasteiger partial charge in [0.15, 0.2) is 6.10 Å². The number of ether oxygens (including phenoxy) is 1. The Morgan fingerprint density at radius 1 is 1.08 bits per heavy atom. The van der Waals surface area contributed by atoms with Crippen molar-refractivity contribution in [1.82, 2.24) is 0 Å². The molecule has 0 radical (unpaired) electrons. The molecule has 3 aliphatic rings. The summed E-state index contributed by atoms with van der Waals surface area (Å²) in [6.07, 6.45) is 2.19. The molecule has 1 unspecified atom stereocenters. The maximum absolute atomic E-state index is 13.1. The molecule has 1 N–H and O–H groups in total. The van der Waals surface area contributed by atoms with Crippen molar-refractivity contribution >= 4 is 11.8 Å². The third-order valence-corrected chi connectivity index (χ3v) is 5.82. The standard InChI is InChI=1S/C22H26N2O2/c1-17-7-5-6-10-20(17)24(15-18-8-3-2-4-9-18)22(25)26-21-16-23-13-11-19(21)12-14-23/h2-10,19,21H,11-16H2,1H3/p+1. The van der Waals surface area contributed by atoms with Gasteiger partial charge >= 0.3 is 6.09 Å². The van der Waals surface area contributed by atoms with Crippen LogP contribution in [0.4, 0.5) is 10.5 Å². The van der Waals surface area contributed by atoms with Crippen molar-refractivity contribution < 1.29 is 14.4 Å². The highest BCUT2D eigenvalue weighted by molar-refractivity contribution is 5.88. The Balaban J connectivity index is 1.56. The fraction of sp³-hybridized carbons (Fsp3) is 0.409. The summed E-state index contributed by atoms with van der Waals surface area (Å²) in [5, 5.41) is 0. The minimum atomic E-state index is -0.221. The van der Waals surface area contributed by atoms with E-state index in [4.69, 9.17) is 4.74 Å². The molecule has 136 valence electrons. The van der Waals surface area contributed by atoms with Gasteiger partial charge in [-0.1, -0.05) is 48.5 Å². The summed E-state index contributed by atoms with van der Waals surface area (Å²) in [7, 11) is 0. The molecule has 4 nitrogen and oxygen atoms in total. The highest BCUT2D eigenvalue weighted by Crippen LogP contribution is 2.26. The van der Waals surface area contributed by atoms with Crippen LogP contribution in [0, 0.1) is 12.8 Å². The van der Waals surface area contributed by atoms with E-state index in [1.165, 1.54) is 25.9 Å². The number of hydrogen-bond donors (Lipinski definition) is 1. The Labute approximate surface area is 155 Å². The first-order valence-electron chi connectivity index (χ1n) is 9.62. The van der Waals surface area contributed by atoms with Gasteiger partial charge < -0.3 is 9.64 Å². The van der Waals surface area contributed by atoms with Gasteiger partial charge in [0.1, 0.15) is 6.54 Å². The summed E-state index contributed by atoms with van der Waals surface area (Å²) in [6.45, 7) is 5.98. The zero-order chi connectivity index (χ0) is 17.9. The number of carbonyl (C=O) groups is 1. The van der Waals surface area contributed by atoms with Gasteiger partial charge in [-0.25, -0.2) is 4.79 Å². The van der Waals surface area contributed by atoms with Crippen LogP contribution >= 0.6 is 0 Å². The Kier molecular flexibility index (Phi) is 4.93. The van der Waals surface area contributed by atoms with Gasteiger partial charge in [0.05, 0.1) is 25.3 Å². The summed E-state index contributed by atoms with van der Waals surface area (Å²) in [4.78, 5) is 16.5. The van der Waals surface area contributed by atoms with E-state index in [2.05, 4.69) is 12.1 Å². The second kappa shape index (κ2) is 7.50. The van der Waals surface area contributed by atoms with Crippen LogP contribution < -0.4 is 9.80 Å². The largest absolute Gasteiger partial charge is 0.440 e. The number of para-hydroxylation sites is 1. The summed E-state index contributed by atoms with van der Waals surface area (Å²) < 4.78 is 6.04. The van der Waals surface area contributed by atoms with Crippen LogP contribution in [0.25, 0.3) is 0 Å². The third kappa shape index (κ3) is 3.61. The highest BCUT2D eigenvalue weighted by Gasteiger charge is 2.40. The summed E-state index contributed by atoms with van der Waals surface area (Å²) >= 11 is 0. The van der Waals surface area contributed by atoms with E-state index >= 15 is 0 Å². The second-order valence-electron chi connectivity index (χ2n) is 7.57. The molecule has 3 aliphatic heterocycles. The van der Waals surface area contributed by atoms with E-state index in [0.717, 1.165) is 23.4 Å². The minimum Gasteiger partial charge on any atom is -0.440 e. The summed E-state index contributed by atoms with van der Waals surface area (Å²) in [5.41, 5.74) is 3.11. The van der Waals surface area contributed by atoms with E-state index in [0.29, 0.717) is 12.5 Å². The molecule has 0 saturated carbocycles. The van der Waals surface area contributed by atoms with Crippen molar-refractivity contribution in [2.45, 2.75) is 32.4 Å². The van der Waals surface area contributed by atoms with Crippen molar-refractivity contribution in [2.75, 3.05) is 24.5 Å². The molecule has 26 heavy (non-hydrogen) atoms. The molecule has 2 bridgehead atoms. The minimum absolute atomic E-state index is 0.0577. The highest BCUT2D eigenvalue weighted by atomic mass is 16.6. The number of carbonyl (C=O) groups excluding carboxylic acids is 1. The molecule has 3 fully saturated rings. The van der Waals surface area contributed by atoms with Crippen LogP contribution in [0.3, 0.4) is 0 Å². The normalized spacial score (nSPS) is 24.3. The number of benzene rings is 2. The average molecular weight is 351 g/mol. The predicted octanol–water partition coefficient (Wildman–Crippen LogP) is 2.82. The van der Waals surface area contributed by atoms with Crippen LogP contribution in [0.5, 0.6) is 0 Å². The van der Waals surface area contributed by atoms with Crippen LogP contribution in [0.1, 0.15) is 24.0 Å². The number of quaternary nitrogens is 1. The van der Waals surface area contributed by atoms with Crippen molar-refractivity contribution in [3.63, 3.8) is 0 Å². The molecule has 0 spiro atoms. The van der Waals surface area contributed by atoms with Gasteiger partial charge in [0.25, 0.3) is 0 Å². The zero-order valence-electron chi connectivity index (χ0n) is 15.4. The van der Waals surface area contributed by atoms with E-state index in [1.54, 1.807) is 9.80 Å². The number of hydrogen-bond acceptors (Lipinski definition) is 2. The van der Waals surface area contributed by atoms with Crippen molar-refractivity contribution in [2.24, 2.45) is 5.92 Å². The molecular weight excluding hydrogens is 324 g/mol. The van der Waals surface area contributed by atoms with Gasteiger partial charge in [-0.3, -0.25) is 4.90 Å². The van der Waals surface area contributed by atoms with E-state index in [9.17, 15) is 4.79 Å². The number of fused-ring (bicyclic) bond motifs is 3. The van der Waals surface area contributed by atoms with Crippen LogP contribution in [0.15, 0.2) is 54.6 Å². The van der Waals surface area contributed by atoms with Gasteiger partial charge in [-0.2, -0.15) is 0 Å². The first-order valence-corrected chi connectivity index (χ1v) is 9.62. The lowest BCUT2D eigenvalue weighted by Gasteiger charge is -2.41. The van der Waals surface area contributed by atoms with Crippen molar-refractivity contribution in [3.05, 3.63) is 65.7 Å². The maximum atomic E-state index is 13.1. The van der Waals surface area contributed by atoms with Crippen molar-refractivity contribution in [3.8, 4) is 0 Å². The Bertz CT molecular complexity index is 754. The maximum Gasteiger partial charge on any atom is 0.415 e. The molecule has 1 amide bonds. The topological polar surface area (TPSA) is 34.0 Å². The Hall–Kier alpha value is -2.33. The van der Waals surface area contributed by atoms with Crippen LogP contribution in [-0.4, -0.2) is 31.8 Å². The van der Waals surface area contributed by atoms with Gasteiger partial charge in [0, 0.05) is 18.8 Å². The lowest BCUT2D eigenvalue weighted by atomic mass is 9.86. The second-order valence-corrected chi connectivity index (χ2v) is 7.57. The van der Waals surface area contributed by atoms with E-state index in [-0.39, 0.29) is 12.2 Å². The van der Waals surface area contributed by atoms with Gasteiger partial charge in [-0.05, 0) is 24.1 Å². The molecule has 4 heteroatoms. The molecule has 0 aliphatic carbocycles. The SMILES string of the molecule is Cc1ccccc1N(Cc1ccccc1)C(=O)OC1C[NH+]2CCC1CC2. The smallest absolute Gasteiger partial charge is 0.415 e. The van der Waals surface area contributed by atoms with Crippen LogP contribution in [-0.2, 0) is 11.3 Å². The molecule has 2 aromatic carbocycles. The summed E-state index contributed by atoms with van der Waals surface area (Å²) in [5.74, 6) is 0.534. The number of piperidine rings is 3. The quantitative estimate of drug-likeness (QED) is 0.919. The molecule has 3 heterocycles. The predicted molar refractivity (Wildman–Crippen MR) is 102 cm³/mol. The lowest BCUT2D eigenvalue weighted by molar-refractivity contribution is -0.920. The molecular formula is C22H27N2O2+. The average Bonchev–Trinajstić information content (AvgIpc) is 2.68. The van der Waals surface area contributed by atoms with Crippen LogP contribution in [0.2, 0.25) is 0 Å². The fourth-order valence-electron chi connectivity index (χ4n) is 4.29. The molecule has 5 rings (SSSR count). The van der Waals surface area contributed by atoms with Crippen molar-refractivity contribution in [1.29, 1.82) is 0 Å². The molecule has 2 aromatic rings. The van der Waals surface area contributed by atoms with E-state index < -0.39 is 0 Å². The number of amides is 1. The van der Waals surface area contributed by atoms with E-state index in [1.807, 2.05) is 49.4 Å². The lowest BCUT2D eigenvalue weighted by Crippen LogP contribution is -3.16. The number of nitrogens with one attached hydrogen (secondary N) is 1. The Morgan fingerprint density at radius 3 is 2.42 bits per heavy atom. The Morgan fingerprint density at radius 2 is 1.77 bits per heavy atom. The first-order chi connectivity index (χ1) is 12.7. The number of aryl methyl sites for hydroxylation is 1. The molecule has 0 aromatic heterocycles. The number of nitrogens with zero attached hydrogens (tertiary/aromatic N) is 1. The van der Waals surface area contributed by atoms with Gasteiger partial charge in [0.2, 0.25) is 0 Å². The number of rotatable bonds is 4. The third-order valence-electron chi connectivity index (χ3n) is 5.82. The van der Waals surface area contributed by atoms with Gasteiger partial charge in [-0.15, -0.1) is 0 Å². The molecule has 3 saturated heterocycles. The summed E-state index contributed by atoms with van der Waals surface area (Å²) in [6, 6.07) is 18.1. The monoisotopic (exact) mass is 351 g/mol.